The maximum Gasteiger partial charge on any atom is 0.306 e. The molecule has 0 saturated carbocycles. The van der Waals surface area contributed by atoms with Gasteiger partial charge in [-0.3, -0.25) is 9.59 Å². The van der Waals surface area contributed by atoms with Gasteiger partial charge in [-0.2, -0.15) is 0 Å². The van der Waals surface area contributed by atoms with Gasteiger partial charge in [-0.15, -0.1) is 0 Å². The summed E-state index contributed by atoms with van der Waals surface area (Å²) in [5, 5.41) is 8.66. The molecule has 1 atom stereocenters. The van der Waals surface area contributed by atoms with Crippen LogP contribution in [0.4, 0.5) is 0 Å². The van der Waals surface area contributed by atoms with Crippen LogP contribution in [-0.2, 0) is 27.2 Å². The molecule has 0 aliphatic carbocycles. The van der Waals surface area contributed by atoms with Crippen molar-refractivity contribution in [2.75, 3.05) is 34.4 Å². The molecule has 7 nitrogen and oxygen atoms in total. The van der Waals surface area contributed by atoms with Crippen molar-refractivity contribution in [2.24, 2.45) is 0 Å². The molecular weight excluding hydrogens is 398 g/mol. The molecule has 2 rings (SSSR count). The fourth-order valence-corrected chi connectivity index (χ4v) is 2.96. The van der Waals surface area contributed by atoms with Crippen LogP contribution in [0.3, 0.4) is 0 Å². The average molecular weight is 430 g/mol. The van der Waals surface area contributed by atoms with E-state index in [9.17, 15) is 9.59 Å². The van der Waals surface area contributed by atoms with E-state index in [1.165, 1.54) is 5.56 Å². The number of likely N-dealkylation sites (N-methyl/N-ethyl adjacent to an activating group) is 1. The Balaban J connectivity index is 1.92. The lowest BCUT2D eigenvalue weighted by atomic mass is 10.0. The van der Waals surface area contributed by atoms with Gasteiger partial charge in [0.25, 0.3) is 0 Å². The number of aryl methyl sites for hydroxylation is 2. The molecule has 0 aliphatic rings. The molecule has 0 saturated heterocycles. The first kappa shape index (κ1) is 24.2. The van der Waals surface area contributed by atoms with Crippen molar-refractivity contribution in [3.8, 4) is 11.5 Å². The number of hydrogen-bond acceptors (Lipinski definition) is 6. The number of aliphatic carboxylic acids is 1. The van der Waals surface area contributed by atoms with E-state index in [0.717, 1.165) is 29.9 Å². The minimum atomic E-state index is -1.02. The summed E-state index contributed by atoms with van der Waals surface area (Å²) in [6.07, 6.45) is 1.31. The molecule has 2 aromatic rings. The third kappa shape index (κ3) is 8.68. The maximum absolute atomic E-state index is 11.7. The van der Waals surface area contributed by atoms with Gasteiger partial charge in [0.05, 0.1) is 26.0 Å². The van der Waals surface area contributed by atoms with Crippen molar-refractivity contribution in [3.63, 3.8) is 0 Å². The normalized spacial score (nSPS) is 11.7. The summed E-state index contributed by atoms with van der Waals surface area (Å²) in [6.45, 7) is 0.479. The second-order valence-electron chi connectivity index (χ2n) is 7.46. The molecule has 0 bridgehead atoms. The maximum atomic E-state index is 11.7. The zero-order chi connectivity index (χ0) is 22.6. The Labute approximate surface area is 183 Å². The molecule has 31 heavy (non-hydrogen) atoms. The zero-order valence-electron chi connectivity index (χ0n) is 18.4. The summed E-state index contributed by atoms with van der Waals surface area (Å²) in [7, 11) is 5.43. The van der Waals surface area contributed by atoms with Gasteiger partial charge in [0.2, 0.25) is 0 Å². The Hall–Kier alpha value is -3.06. The number of hydrogen-bond donors (Lipinski definition) is 1. The first-order valence-corrected chi connectivity index (χ1v) is 10.3. The first-order chi connectivity index (χ1) is 14.9. The topological polar surface area (TPSA) is 85.3 Å². The Kier molecular flexibility index (Phi) is 9.84. The summed E-state index contributed by atoms with van der Waals surface area (Å²) in [6, 6.07) is 15.8. The number of benzene rings is 2. The Morgan fingerprint density at radius 2 is 1.77 bits per heavy atom. The summed E-state index contributed by atoms with van der Waals surface area (Å²) in [5.74, 6) is 0.103. The van der Waals surface area contributed by atoms with Crippen LogP contribution in [-0.4, -0.2) is 62.4 Å². The number of carboxylic acid groups (broad SMARTS) is 1. The fraction of sp³-hybridized carbons (Fsp3) is 0.417. The number of ether oxygens (including phenoxy) is 3. The van der Waals surface area contributed by atoms with Gasteiger partial charge in [0.1, 0.15) is 24.7 Å². The van der Waals surface area contributed by atoms with Crippen molar-refractivity contribution in [1.29, 1.82) is 0 Å². The van der Waals surface area contributed by atoms with E-state index in [2.05, 4.69) is 6.07 Å². The molecule has 2 aromatic carbocycles. The van der Waals surface area contributed by atoms with Crippen LogP contribution in [0.2, 0.25) is 0 Å². The van der Waals surface area contributed by atoms with E-state index in [1.54, 1.807) is 7.11 Å². The van der Waals surface area contributed by atoms with Gasteiger partial charge in [0, 0.05) is 0 Å². The molecule has 1 N–H and O–H groups in total. The molecule has 168 valence electrons. The van der Waals surface area contributed by atoms with Crippen LogP contribution in [0, 0.1) is 0 Å². The second-order valence-corrected chi connectivity index (χ2v) is 7.46. The fourth-order valence-electron chi connectivity index (χ4n) is 2.96. The SMILES string of the molecule is COc1cccc(CCc2ccccc2OCC(COC(=O)CCC(=O)O)N(C)C)c1. The number of carbonyl (C=O) groups excluding carboxylic acids is 1. The number of rotatable bonds is 13. The molecule has 0 heterocycles. The number of nitrogens with zero attached hydrogens (tertiary/aromatic N) is 1. The molecule has 7 heteroatoms. The Bertz CT molecular complexity index is 851. The van der Waals surface area contributed by atoms with Gasteiger partial charge in [-0.1, -0.05) is 30.3 Å². The molecule has 0 aliphatic heterocycles. The smallest absolute Gasteiger partial charge is 0.306 e. The van der Waals surface area contributed by atoms with Gasteiger partial charge in [-0.05, 0) is 56.3 Å². The van der Waals surface area contributed by atoms with E-state index in [0.29, 0.717) is 6.61 Å². The molecule has 0 fully saturated rings. The lowest BCUT2D eigenvalue weighted by Crippen LogP contribution is -2.38. The van der Waals surface area contributed by atoms with Crippen LogP contribution in [0.15, 0.2) is 48.5 Å². The second kappa shape index (κ2) is 12.6. The standard InChI is InChI=1S/C24H31NO6/c1-25(2)20(17-31-24(28)14-13-23(26)27)16-30-22-10-5-4-8-19(22)12-11-18-7-6-9-21(15-18)29-3/h4-10,15,20H,11-14,16-17H2,1-3H3,(H,26,27). The van der Waals surface area contributed by atoms with Gasteiger partial charge < -0.3 is 24.2 Å². The van der Waals surface area contributed by atoms with Crippen molar-refractivity contribution >= 4 is 11.9 Å². The van der Waals surface area contributed by atoms with Gasteiger partial charge in [0.15, 0.2) is 0 Å². The van der Waals surface area contributed by atoms with Gasteiger partial charge >= 0.3 is 11.9 Å². The molecule has 0 aromatic heterocycles. The minimum absolute atomic E-state index is 0.135. The van der Waals surface area contributed by atoms with Crippen molar-refractivity contribution in [2.45, 2.75) is 31.7 Å². The highest BCUT2D eigenvalue weighted by Gasteiger charge is 2.17. The molecule has 0 amide bonds. The highest BCUT2D eigenvalue weighted by atomic mass is 16.5. The zero-order valence-corrected chi connectivity index (χ0v) is 18.4. The summed E-state index contributed by atoms with van der Waals surface area (Å²) in [5.41, 5.74) is 2.29. The van der Waals surface area contributed by atoms with Crippen LogP contribution in [0.1, 0.15) is 24.0 Å². The summed E-state index contributed by atoms with van der Waals surface area (Å²) >= 11 is 0. The largest absolute Gasteiger partial charge is 0.497 e. The van der Waals surface area contributed by atoms with Crippen molar-refractivity contribution in [3.05, 3.63) is 59.7 Å². The van der Waals surface area contributed by atoms with Crippen molar-refractivity contribution < 1.29 is 28.9 Å². The number of esters is 1. The van der Waals surface area contributed by atoms with Crippen molar-refractivity contribution in [1.82, 2.24) is 4.90 Å². The monoisotopic (exact) mass is 429 g/mol. The number of methoxy groups -OCH3 is 1. The predicted octanol–water partition coefficient (Wildman–Crippen LogP) is 3.20. The number of carbonyl (C=O) groups is 2. The van der Waals surface area contributed by atoms with Gasteiger partial charge in [-0.25, -0.2) is 0 Å². The average Bonchev–Trinajstić information content (AvgIpc) is 2.76. The first-order valence-electron chi connectivity index (χ1n) is 10.3. The predicted molar refractivity (Wildman–Crippen MR) is 118 cm³/mol. The third-order valence-electron chi connectivity index (χ3n) is 4.93. The van der Waals surface area contributed by atoms with Crippen LogP contribution in [0.25, 0.3) is 0 Å². The Morgan fingerprint density at radius 3 is 2.48 bits per heavy atom. The lowest BCUT2D eigenvalue weighted by molar-refractivity contribution is -0.149. The minimum Gasteiger partial charge on any atom is -0.497 e. The van der Waals surface area contributed by atoms with E-state index in [-0.39, 0.29) is 25.5 Å². The number of para-hydroxylation sites is 1. The highest BCUT2D eigenvalue weighted by Crippen LogP contribution is 2.22. The summed E-state index contributed by atoms with van der Waals surface area (Å²) < 4.78 is 16.6. The van der Waals surface area contributed by atoms with Crippen LogP contribution < -0.4 is 9.47 Å². The van der Waals surface area contributed by atoms with E-state index >= 15 is 0 Å². The lowest BCUT2D eigenvalue weighted by Gasteiger charge is -2.24. The summed E-state index contributed by atoms with van der Waals surface area (Å²) in [4.78, 5) is 24.2. The number of carboxylic acids is 1. The van der Waals surface area contributed by atoms with E-state index < -0.39 is 11.9 Å². The van der Waals surface area contributed by atoms with E-state index in [1.807, 2.05) is 61.5 Å². The molecule has 0 spiro atoms. The van der Waals surface area contributed by atoms with Crippen LogP contribution in [0.5, 0.6) is 11.5 Å². The molecular formula is C24H31NO6. The van der Waals surface area contributed by atoms with E-state index in [4.69, 9.17) is 19.3 Å². The highest BCUT2D eigenvalue weighted by molar-refractivity contribution is 5.76. The quantitative estimate of drug-likeness (QED) is 0.490. The van der Waals surface area contributed by atoms with Crippen LogP contribution >= 0.6 is 0 Å². The molecule has 1 unspecified atom stereocenters. The Morgan fingerprint density at radius 1 is 1.00 bits per heavy atom. The third-order valence-corrected chi connectivity index (χ3v) is 4.93. The molecule has 0 radical (unpaired) electrons.